The van der Waals surface area contributed by atoms with E-state index in [1.165, 1.54) is 12.4 Å². The summed E-state index contributed by atoms with van der Waals surface area (Å²) in [5, 5.41) is 18.7. The summed E-state index contributed by atoms with van der Waals surface area (Å²) in [6.45, 7) is 3.15. The van der Waals surface area contributed by atoms with Crippen LogP contribution in [-0.4, -0.2) is 35.2 Å². The van der Waals surface area contributed by atoms with Crippen LogP contribution >= 0.6 is 12.6 Å². The topological polar surface area (TPSA) is 107 Å². The van der Waals surface area contributed by atoms with Gasteiger partial charge in [0.2, 0.25) is 0 Å². The molecule has 0 radical (unpaired) electrons. The summed E-state index contributed by atoms with van der Waals surface area (Å²) in [5.41, 5.74) is 0. The number of amides is 2. The highest BCUT2D eigenvalue weighted by molar-refractivity contribution is 7.83. The molecule has 0 atom stereocenters. The van der Waals surface area contributed by atoms with Gasteiger partial charge in [0.25, 0.3) is 0 Å². The second kappa shape index (κ2) is 8.66. The van der Waals surface area contributed by atoms with E-state index in [2.05, 4.69) is 22.1 Å². The number of carbonyl (C=O) groups is 2. The van der Waals surface area contributed by atoms with E-state index >= 15 is 0 Å². The zero-order chi connectivity index (χ0) is 14.8. The van der Waals surface area contributed by atoms with E-state index < -0.39 is 12.2 Å². The van der Waals surface area contributed by atoms with Crippen LogP contribution in [0.15, 0.2) is 11.2 Å². The van der Waals surface area contributed by atoms with E-state index in [0.717, 1.165) is 5.41 Å². The number of thiol groups is 1. The SMILES string of the molecule is CCOC(=O)N(C#N)C(=CS)N(C#N)C(=O)OCC. The smallest absolute Gasteiger partial charge is 0.429 e. The van der Waals surface area contributed by atoms with Crippen LogP contribution < -0.4 is 0 Å². The molecule has 0 heterocycles. The quantitative estimate of drug-likeness (QED) is 0.477. The van der Waals surface area contributed by atoms with Gasteiger partial charge in [-0.25, -0.2) is 9.59 Å². The molecule has 0 spiro atoms. The monoisotopic (exact) mass is 284 g/mol. The predicted molar refractivity (Wildman–Crippen MR) is 66.0 cm³/mol. The fraction of sp³-hybridized carbons (Fsp3) is 0.400. The Bertz CT molecular complexity index is 413. The number of nitriles is 2. The third-order valence-corrected chi connectivity index (χ3v) is 1.91. The summed E-state index contributed by atoms with van der Waals surface area (Å²) in [6.07, 6.45) is 0.916. The normalized spacial score (nSPS) is 8.47. The van der Waals surface area contributed by atoms with Gasteiger partial charge < -0.3 is 9.47 Å². The van der Waals surface area contributed by atoms with Crippen molar-refractivity contribution in [1.82, 2.24) is 9.80 Å². The minimum atomic E-state index is -1.03. The minimum absolute atomic E-state index is 0.0306. The van der Waals surface area contributed by atoms with Crippen molar-refractivity contribution in [2.75, 3.05) is 13.2 Å². The van der Waals surface area contributed by atoms with E-state index in [0.29, 0.717) is 9.80 Å². The molecular weight excluding hydrogens is 272 g/mol. The summed E-state index contributed by atoms with van der Waals surface area (Å²) in [4.78, 5) is 23.8. The number of carbonyl (C=O) groups excluding carboxylic acids is 2. The van der Waals surface area contributed by atoms with Gasteiger partial charge in [-0.2, -0.15) is 20.3 Å². The van der Waals surface area contributed by atoms with E-state index in [1.807, 2.05) is 0 Å². The number of ether oxygens (including phenoxy) is 2. The summed E-state index contributed by atoms with van der Waals surface area (Å²) in [5.74, 6) is -0.384. The zero-order valence-electron chi connectivity index (χ0n) is 10.4. The van der Waals surface area contributed by atoms with Gasteiger partial charge in [-0.15, -0.1) is 12.6 Å². The second-order valence-corrected chi connectivity index (χ2v) is 3.01. The fourth-order valence-corrected chi connectivity index (χ4v) is 1.19. The molecule has 0 aliphatic rings. The number of rotatable bonds is 4. The molecule has 0 saturated heterocycles. The molecule has 8 nitrogen and oxygen atoms in total. The van der Waals surface area contributed by atoms with Crippen LogP contribution in [-0.2, 0) is 9.47 Å². The highest BCUT2D eigenvalue weighted by Crippen LogP contribution is 2.13. The third-order valence-electron chi connectivity index (χ3n) is 1.67. The molecule has 9 heteroatoms. The van der Waals surface area contributed by atoms with Crippen LogP contribution in [0.4, 0.5) is 9.59 Å². The molecule has 0 aromatic rings. The maximum absolute atomic E-state index is 11.5. The van der Waals surface area contributed by atoms with Crippen molar-refractivity contribution < 1.29 is 19.1 Å². The Balaban J connectivity index is 5.29. The van der Waals surface area contributed by atoms with Crippen molar-refractivity contribution in [1.29, 1.82) is 10.5 Å². The highest BCUT2D eigenvalue weighted by atomic mass is 32.1. The summed E-state index contributed by atoms with van der Waals surface area (Å²) < 4.78 is 9.23. The van der Waals surface area contributed by atoms with Crippen LogP contribution in [0.3, 0.4) is 0 Å². The maximum Gasteiger partial charge on any atom is 0.429 e. The predicted octanol–water partition coefficient (Wildman–Crippen LogP) is 1.59. The van der Waals surface area contributed by atoms with Crippen molar-refractivity contribution in [3.8, 4) is 12.4 Å². The Morgan fingerprint density at radius 1 is 1.11 bits per heavy atom. The van der Waals surface area contributed by atoms with Crippen LogP contribution in [0, 0.1) is 22.9 Å². The summed E-state index contributed by atoms with van der Waals surface area (Å²) in [7, 11) is 0. The van der Waals surface area contributed by atoms with Gasteiger partial charge in [-0.3, -0.25) is 0 Å². The van der Waals surface area contributed by atoms with Crippen LogP contribution in [0.5, 0.6) is 0 Å². The van der Waals surface area contributed by atoms with Gasteiger partial charge in [0.15, 0.2) is 18.2 Å². The van der Waals surface area contributed by atoms with Crippen molar-refractivity contribution in [2.45, 2.75) is 13.8 Å². The summed E-state index contributed by atoms with van der Waals surface area (Å²) >= 11 is 3.76. The molecule has 2 amide bonds. The van der Waals surface area contributed by atoms with Gasteiger partial charge in [-0.1, -0.05) is 0 Å². The van der Waals surface area contributed by atoms with Crippen molar-refractivity contribution >= 4 is 24.8 Å². The maximum atomic E-state index is 11.5. The highest BCUT2D eigenvalue weighted by Gasteiger charge is 2.29. The molecule has 0 aliphatic heterocycles. The lowest BCUT2D eigenvalue weighted by molar-refractivity contribution is 0.112. The van der Waals surface area contributed by atoms with Gasteiger partial charge in [0.05, 0.1) is 13.2 Å². The van der Waals surface area contributed by atoms with E-state index in [-0.39, 0.29) is 19.0 Å². The Morgan fingerprint density at radius 2 is 1.47 bits per heavy atom. The molecule has 0 rings (SSSR count). The molecule has 19 heavy (non-hydrogen) atoms. The van der Waals surface area contributed by atoms with Crippen LogP contribution in [0.25, 0.3) is 0 Å². The van der Waals surface area contributed by atoms with Crippen molar-refractivity contribution in [3.05, 3.63) is 11.2 Å². The van der Waals surface area contributed by atoms with Crippen molar-refractivity contribution in [2.24, 2.45) is 0 Å². The first-order chi connectivity index (χ1) is 9.06. The fourth-order valence-electron chi connectivity index (χ4n) is 0.963. The average molecular weight is 284 g/mol. The van der Waals surface area contributed by atoms with Gasteiger partial charge in [-0.05, 0) is 13.8 Å². The molecule has 0 N–H and O–H groups in total. The van der Waals surface area contributed by atoms with E-state index in [4.69, 9.17) is 10.5 Å². The molecular formula is C10H12N4O4S. The number of hydrogen-bond donors (Lipinski definition) is 1. The first-order valence-electron chi connectivity index (χ1n) is 5.14. The molecule has 0 aliphatic carbocycles. The van der Waals surface area contributed by atoms with Crippen molar-refractivity contribution in [3.63, 3.8) is 0 Å². The van der Waals surface area contributed by atoms with E-state index in [1.54, 1.807) is 13.8 Å². The molecule has 0 aromatic heterocycles. The van der Waals surface area contributed by atoms with E-state index in [9.17, 15) is 9.59 Å². The first-order valence-corrected chi connectivity index (χ1v) is 5.66. The first kappa shape index (κ1) is 16.6. The Hall–Kier alpha value is -2.39. The Labute approximate surface area is 115 Å². The molecule has 0 fully saturated rings. The molecule has 0 aromatic carbocycles. The third kappa shape index (κ3) is 4.41. The van der Waals surface area contributed by atoms with Gasteiger partial charge in [0, 0.05) is 5.41 Å². The zero-order valence-corrected chi connectivity index (χ0v) is 11.3. The standard InChI is InChI=1S/C10H12N4O4S/c1-3-17-9(15)13(6-11)8(5-19)14(7-12)10(16)18-4-2/h5,19H,3-4H2,1-2H3. The summed E-state index contributed by atoms with van der Waals surface area (Å²) in [6, 6.07) is 0. The minimum Gasteiger partial charge on any atom is -0.449 e. The van der Waals surface area contributed by atoms with Gasteiger partial charge in [0.1, 0.15) is 0 Å². The van der Waals surface area contributed by atoms with Gasteiger partial charge >= 0.3 is 12.2 Å². The van der Waals surface area contributed by atoms with Crippen LogP contribution in [0.2, 0.25) is 0 Å². The molecule has 0 saturated carbocycles. The lowest BCUT2D eigenvalue weighted by atomic mass is 10.6. The molecule has 0 unspecified atom stereocenters. The lowest BCUT2D eigenvalue weighted by Gasteiger charge is -2.21. The van der Waals surface area contributed by atoms with Crippen LogP contribution in [0.1, 0.15) is 13.8 Å². The second-order valence-electron chi connectivity index (χ2n) is 2.76. The Kier molecular flexibility index (Phi) is 7.57. The Morgan fingerprint density at radius 3 is 1.68 bits per heavy atom. The number of hydrogen-bond acceptors (Lipinski definition) is 7. The molecule has 0 bridgehead atoms. The average Bonchev–Trinajstić information content (AvgIpc) is 2.39. The lowest BCUT2D eigenvalue weighted by Crippen LogP contribution is -2.37. The number of nitrogens with zero attached hydrogens (tertiary/aromatic N) is 4. The molecule has 102 valence electrons. The largest absolute Gasteiger partial charge is 0.449 e.